The van der Waals surface area contributed by atoms with Crippen LogP contribution in [-0.4, -0.2) is 38.1 Å². The predicted molar refractivity (Wildman–Crippen MR) is 106 cm³/mol. The molecular formula is C20H36O6S. The van der Waals surface area contributed by atoms with Crippen molar-refractivity contribution in [2.45, 2.75) is 71.6 Å². The van der Waals surface area contributed by atoms with E-state index in [9.17, 15) is 13.2 Å². The lowest BCUT2D eigenvalue weighted by Gasteiger charge is -2.28. The second-order valence-corrected chi connectivity index (χ2v) is 8.93. The maximum atomic E-state index is 11.9. The Morgan fingerprint density at radius 1 is 1.19 bits per heavy atom. The molecule has 0 aromatic heterocycles. The minimum atomic E-state index is -4.14. The van der Waals surface area contributed by atoms with Gasteiger partial charge in [-0.2, -0.15) is 8.42 Å². The van der Waals surface area contributed by atoms with E-state index in [1.165, 1.54) is 38.5 Å². The largest absolute Gasteiger partial charge is 0.463 e. The van der Waals surface area contributed by atoms with Gasteiger partial charge < -0.3 is 9.47 Å². The average molecular weight is 405 g/mol. The highest BCUT2D eigenvalue weighted by molar-refractivity contribution is 7.85. The zero-order valence-corrected chi connectivity index (χ0v) is 17.6. The first-order chi connectivity index (χ1) is 12.8. The van der Waals surface area contributed by atoms with E-state index in [1.807, 2.05) is 6.92 Å². The van der Waals surface area contributed by atoms with Crippen LogP contribution in [0.1, 0.15) is 71.6 Å². The van der Waals surface area contributed by atoms with Gasteiger partial charge in [0.05, 0.1) is 12.5 Å². The molecule has 6 nitrogen and oxygen atoms in total. The Hall–Kier alpha value is -0.920. The molecule has 2 atom stereocenters. The van der Waals surface area contributed by atoms with Crippen molar-refractivity contribution in [2.24, 2.45) is 17.8 Å². The zero-order chi connectivity index (χ0) is 20.1. The van der Waals surface area contributed by atoms with Crippen LogP contribution >= 0.6 is 0 Å². The molecule has 1 fully saturated rings. The van der Waals surface area contributed by atoms with Crippen LogP contribution in [0.25, 0.3) is 0 Å². The van der Waals surface area contributed by atoms with Crippen molar-refractivity contribution in [3.63, 3.8) is 0 Å². The molecule has 0 radical (unpaired) electrons. The molecule has 0 saturated heterocycles. The lowest BCUT2D eigenvalue weighted by atomic mass is 9.77. The Morgan fingerprint density at radius 3 is 2.52 bits per heavy atom. The summed E-state index contributed by atoms with van der Waals surface area (Å²) in [4.78, 5) is 11.9. The van der Waals surface area contributed by atoms with Gasteiger partial charge in [0.25, 0.3) is 10.1 Å². The predicted octanol–water partition coefficient (Wildman–Crippen LogP) is 4.36. The molecule has 1 rings (SSSR count). The molecule has 2 unspecified atom stereocenters. The van der Waals surface area contributed by atoms with E-state index in [0.717, 1.165) is 31.1 Å². The molecule has 0 heterocycles. The van der Waals surface area contributed by atoms with Crippen LogP contribution in [-0.2, 0) is 24.4 Å². The summed E-state index contributed by atoms with van der Waals surface area (Å²) in [5.41, 5.74) is 0. The Balaban J connectivity index is 2.14. The normalized spacial score (nSPS) is 18.5. The molecule has 27 heavy (non-hydrogen) atoms. The lowest BCUT2D eigenvalue weighted by molar-refractivity contribution is -0.149. The smallest absolute Gasteiger partial charge is 0.308 e. The van der Waals surface area contributed by atoms with Crippen molar-refractivity contribution < 1.29 is 27.2 Å². The first kappa shape index (κ1) is 24.1. The summed E-state index contributed by atoms with van der Waals surface area (Å²) in [7, 11) is -4.14. The van der Waals surface area contributed by atoms with Gasteiger partial charge in [0.2, 0.25) is 0 Å². The number of rotatable bonds is 13. The summed E-state index contributed by atoms with van der Waals surface area (Å²) >= 11 is 0. The van der Waals surface area contributed by atoms with Crippen LogP contribution in [0.5, 0.6) is 0 Å². The molecular weight excluding hydrogens is 368 g/mol. The molecule has 1 N–H and O–H groups in total. The molecule has 7 heteroatoms. The van der Waals surface area contributed by atoms with Gasteiger partial charge in [0, 0.05) is 0 Å². The molecule has 0 aliphatic heterocycles. The number of hydrogen-bond donors (Lipinski definition) is 1. The van der Waals surface area contributed by atoms with Gasteiger partial charge in [0.1, 0.15) is 6.61 Å². The van der Waals surface area contributed by atoms with E-state index >= 15 is 0 Å². The summed E-state index contributed by atoms with van der Waals surface area (Å²) in [6.45, 7) is 4.03. The second-order valence-electron chi connectivity index (χ2n) is 7.53. The maximum Gasteiger partial charge on any atom is 0.308 e. The standard InChI is InChI=1S/C20H36O6S/c1-3-18(19-12-8-5-9-13-19)11-7-4-6-10-17(2)20(21)26-15-14-25-16-27(22,23)24/h4,7,17-19H,3,5-6,8-16H2,1-2H3,(H,22,23,24). The Morgan fingerprint density at radius 2 is 1.89 bits per heavy atom. The van der Waals surface area contributed by atoms with Crippen molar-refractivity contribution in [2.75, 3.05) is 19.2 Å². The first-order valence-electron chi connectivity index (χ1n) is 10.2. The van der Waals surface area contributed by atoms with E-state index in [4.69, 9.17) is 14.0 Å². The van der Waals surface area contributed by atoms with Gasteiger partial charge >= 0.3 is 5.97 Å². The van der Waals surface area contributed by atoms with Crippen molar-refractivity contribution in [1.29, 1.82) is 0 Å². The van der Waals surface area contributed by atoms with E-state index in [2.05, 4.69) is 19.1 Å². The summed E-state index contributed by atoms with van der Waals surface area (Å²) in [6.07, 6.45) is 15.3. The Bertz CT molecular complexity index is 537. The molecule has 0 aromatic rings. The molecule has 158 valence electrons. The monoisotopic (exact) mass is 404 g/mol. The van der Waals surface area contributed by atoms with Gasteiger partial charge in [0.15, 0.2) is 5.94 Å². The number of esters is 1. The second kappa shape index (κ2) is 13.3. The minimum absolute atomic E-state index is 0.0197. The minimum Gasteiger partial charge on any atom is -0.463 e. The number of carbonyl (C=O) groups is 1. The lowest BCUT2D eigenvalue weighted by Crippen LogP contribution is -2.18. The van der Waals surface area contributed by atoms with Crippen LogP contribution in [0.3, 0.4) is 0 Å². The van der Waals surface area contributed by atoms with Crippen molar-refractivity contribution in [3.8, 4) is 0 Å². The number of ether oxygens (including phenoxy) is 2. The summed E-state index contributed by atoms with van der Waals surface area (Å²) in [5.74, 6) is 0.353. The average Bonchev–Trinajstić information content (AvgIpc) is 2.63. The maximum absolute atomic E-state index is 11.9. The number of allylic oxidation sites excluding steroid dienone is 2. The number of carbonyl (C=O) groups excluding carboxylic acids is 1. The van der Waals surface area contributed by atoms with Crippen LogP contribution < -0.4 is 0 Å². The Labute approximate surface area is 164 Å². The molecule has 1 aliphatic rings. The quantitative estimate of drug-likeness (QED) is 0.212. The molecule has 0 amide bonds. The van der Waals surface area contributed by atoms with Gasteiger partial charge in [-0.25, -0.2) is 0 Å². The van der Waals surface area contributed by atoms with Gasteiger partial charge in [-0.15, -0.1) is 0 Å². The topological polar surface area (TPSA) is 89.9 Å². The molecule has 0 bridgehead atoms. The highest BCUT2D eigenvalue weighted by Gasteiger charge is 2.21. The summed E-state index contributed by atoms with van der Waals surface area (Å²) < 4.78 is 39.2. The summed E-state index contributed by atoms with van der Waals surface area (Å²) in [5, 5.41) is 0. The highest BCUT2D eigenvalue weighted by Crippen LogP contribution is 2.33. The third-order valence-electron chi connectivity index (χ3n) is 5.32. The first-order valence-corrected chi connectivity index (χ1v) is 11.8. The SMILES string of the molecule is CCC(CC=CCCC(C)C(=O)OCCOCS(=O)(=O)O)C1CCCCC1. The fourth-order valence-electron chi connectivity index (χ4n) is 3.66. The third-order valence-corrected chi connectivity index (χ3v) is 5.78. The fourth-order valence-corrected chi connectivity index (χ4v) is 3.99. The fraction of sp³-hybridized carbons (Fsp3) is 0.850. The van der Waals surface area contributed by atoms with E-state index in [0.29, 0.717) is 0 Å². The van der Waals surface area contributed by atoms with Gasteiger partial charge in [-0.3, -0.25) is 9.35 Å². The van der Waals surface area contributed by atoms with Crippen LogP contribution in [0.4, 0.5) is 0 Å². The molecule has 0 spiro atoms. The van der Waals surface area contributed by atoms with Gasteiger partial charge in [-0.05, 0) is 31.1 Å². The molecule has 0 aromatic carbocycles. The van der Waals surface area contributed by atoms with Crippen LogP contribution in [0.15, 0.2) is 12.2 Å². The van der Waals surface area contributed by atoms with Gasteiger partial charge in [-0.1, -0.05) is 64.5 Å². The van der Waals surface area contributed by atoms with Crippen LogP contribution in [0.2, 0.25) is 0 Å². The van der Waals surface area contributed by atoms with E-state index in [-0.39, 0.29) is 25.1 Å². The highest BCUT2D eigenvalue weighted by atomic mass is 32.2. The van der Waals surface area contributed by atoms with E-state index in [1.54, 1.807) is 0 Å². The Kier molecular flexibility index (Phi) is 11.9. The van der Waals surface area contributed by atoms with Crippen molar-refractivity contribution in [3.05, 3.63) is 12.2 Å². The molecule has 1 saturated carbocycles. The van der Waals surface area contributed by atoms with Crippen LogP contribution in [0, 0.1) is 17.8 Å². The summed E-state index contributed by atoms with van der Waals surface area (Å²) in [6, 6.07) is 0. The number of hydrogen-bond acceptors (Lipinski definition) is 5. The van der Waals surface area contributed by atoms with E-state index < -0.39 is 16.1 Å². The molecule has 1 aliphatic carbocycles. The zero-order valence-electron chi connectivity index (χ0n) is 16.8. The van der Waals surface area contributed by atoms with Crippen molar-refractivity contribution >= 4 is 16.1 Å². The third kappa shape index (κ3) is 11.5. The van der Waals surface area contributed by atoms with Crippen molar-refractivity contribution in [1.82, 2.24) is 0 Å².